The highest BCUT2D eigenvalue weighted by atomic mass is 35.5. The van der Waals surface area contributed by atoms with Gasteiger partial charge in [0, 0.05) is 5.02 Å². The second kappa shape index (κ2) is 4.85. The summed E-state index contributed by atoms with van der Waals surface area (Å²) in [5, 5.41) is 0.710. The maximum Gasteiger partial charge on any atom is 0.165 e. The van der Waals surface area contributed by atoms with Crippen LogP contribution in [0.15, 0.2) is 54.6 Å². The van der Waals surface area contributed by atoms with Crippen molar-refractivity contribution in [1.82, 2.24) is 0 Å². The first-order valence-electron chi connectivity index (χ1n) is 4.65. The van der Waals surface area contributed by atoms with Crippen LogP contribution in [-0.4, -0.2) is 0 Å². The van der Waals surface area contributed by atoms with E-state index in [4.69, 9.17) is 16.3 Å². The van der Waals surface area contributed by atoms with E-state index in [1.165, 1.54) is 0 Å². The fraction of sp³-hybridized carbons (Fsp3) is 0. The number of ether oxygens (including phenoxy) is 1. The van der Waals surface area contributed by atoms with Gasteiger partial charge < -0.3 is 4.74 Å². The zero-order valence-electron chi connectivity index (χ0n) is 8.06. The molecule has 0 N–H and O–H groups in total. The Balaban J connectivity index is 1.96. The molecule has 0 aliphatic heterocycles. The molecule has 15 heavy (non-hydrogen) atoms. The lowest BCUT2D eigenvalue weighted by Gasteiger charge is -2.04. The maximum absolute atomic E-state index is 5.76. The summed E-state index contributed by atoms with van der Waals surface area (Å²) in [5.41, 5.74) is 1.03. The fourth-order valence-electron chi connectivity index (χ4n) is 1.18. The number of halogens is 1. The van der Waals surface area contributed by atoms with Crippen LogP contribution in [0.5, 0.6) is 5.75 Å². The van der Waals surface area contributed by atoms with Crippen LogP contribution < -0.4 is 4.74 Å². The third kappa shape index (κ3) is 3.00. The van der Waals surface area contributed by atoms with Gasteiger partial charge in [-0.2, -0.15) is 0 Å². The van der Waals surface area contributed by atoms with Gasteiger partial charge in [-0.1, -0.05) is 41.9 Å². The first kappa shape index (κ1) is 10.1. The van der Waals surface area contributed by atoms with Crippen LogP contribution in [0.3, 0.4) is 0 Å². The molecule has 2 aromatic rings. The number of hydrogen-bond acceptors (Lipinski definition) is 1. The molecule has 1 nitrogen and oxygen atoms in total. The van der Waals surface area contributed by atoms with Crippen LogP contribution in [0.25, 0.3) is 0 Å². The second-order valence-electron chi connectivity index (χ2n) is 3.10. The van der Waals surface area contributed by atoms with Crippen molar-refractivity contribution in [3.63, 3.8) is 0 Å². The molecule has 0 heterocycles. The average Bonchev–Trinajstić information content (AvgIpc) is 2.30. The Morgan fingerprint density at radius 3 is 2.20 bits per heavy atom. The molecule has 0 saturated carbocycles. The Morgan fingerprint density at radius 1 is 0.867 bits per heavy atom. The molecule has 0 aliphatic rings. The quantitative estimate of drug-likeness (QED) is 0.757. The van der Waals surface area contributed by atoms with E-state index < -0.39 is 0 Å². The smallest absolute Gasteiger partial charge is 0.165 e. The van der Waals surface area contributed by atoms with Crippen molar-refractivity contribution in [2.45, 2.75) is 0 Å². The number of rotatable bonds is 3. The lowest BCUT2D eigenvalue weighted by atomic mass is 10.2. The summed E-state index contributed by atoms with van der Waals surface area (Å²) in [7, 11) is 0. The fourth-order valence-corrected chi connectivity index (χ4v) is 1.31. The highest BCUT2D eigenvalue weighted by molar-refractivity contribution is 6.30. The van der Waals surface area contributed by atoms with Crippen LogP contribution in [0.2, 0.25) is 5.02 Å². The number of hydrogen-bond donors (Lipinski definition) is 0. The monoisotopic (exact) mass is 217 g/mol. The van der Waals surface area contributed by atoms with Crippen molar-refractivity contribution in [2.24, 2.45) is 0 Å². The second-order valence-corrected chi connectivity index (χ2v) is 3.54. The predicted molar refractivity (Wildman–Crippen MR) is 61.9 cm³/mol. The SMILES string of the molecule is Clc1ccc(O[CH]c2ccccc2)cc1. The van der Waals surface area contributed by atoms with Crippen molar-refractivity contribution in [1.29, 1.82) is 0 Å². The van der Waals surface area contributed by atoms with Gasteiger partial charge in [0.1, 0.15) is 5.75 Å². The molecule has 0 aromatic heterocycles. The van der Waals surface area contributed by atoms with Gasteiger partial charge in [-0.3, -0.25) is 0 Å². The van der Waals surface area contributed by atoms with E-state index in [2.05, 4.69) is 0 Å². The van der Waals surface area contributed by atoms with Crippen molar-refractivity contribution in [3.05, 3.63) is 71.8 Å². The Bertz CT molecular complexity index is 408. The lowest BCUT2D eigenvalue weighted by Crippen LogP contribution is -1.91. The largest absolute Gasteiger partial charge is 0.481 e. The summed E-state index contributed by atoms with van der Waals surface area (Å²) in [4.78, 5) is 0. The van der Waals surface area contributed by atoms with Crippen LogP contribution in [0.1, 0.15) is 5.56 Å². The minimum atomic E-state index is 0.710. The van der Waals surface area contributed by atoms with Crippen LogP contribution >= 0.6 is 11.6 Å². The highest BCUT2D eigenvalue weighted by Crippen LogP contribution is 2.17. The average molecular weight is 218 g/mol. The molecule has 0 bridgehead atoms. The van der Waals surface area contributed by atoms with Crippen molar-refractivity contribution < 1.29 is 4.74 Å². The molecule has 0 unspecified atom stereocenters. The minimum Gasteiger partial charge on any atom is -0.481 e. The zero-order chi connectivity index (χ0) is 10.5. The third-order valence-electron chi connectivity index (χ3n) is 1.94. The van der Waals surface area contributed by atoms with Gasteiger partial charge in [-0.05, 0) is 29.8 Å². The molecule has 2 aromatic carbocycles. The molecule has 0 spiro atoms. The maximum atomic E-state index is 5.76. The first-order chi connectivity index (χ1) is 7.34. The van der Waals surface area contributed by atoms with E-state index in [1.54, 1.807) is 18.7 Å². The molecular formula is C13H10ClO. The van der Waals surface area contributed by atoms with E-state index in [9.17, 15) is 0 Å². The summed E-state index contributed by atoms with van der Waals surface area (Å²) in [6, 6.07) is 17.1. The summed E-state index contributed by atoms with van der Waals surface area (Å²) in [6.07, 6.45) is 0. The van der Waals surface area contributed by atoms with Gasteiger partial charge in [0.15, 0.2) is 6.61 Å². The first-order valence-corrected chi connectivity index (χ1v) is 5.03. The molecule has 0 aliphatic carbocycles. The molecule has 0 amide bonds. The van der Waals surface area contributed by atoms with Gasteiger partial charge in [0.25, 0.3) is 0 Å². The molecular weight excluding hydrogens is 208 g/mol. The Hall–Kier alpha value is -1.47. The van der Waals surface area contributed by atoms with Gasteiger partial charge >= 0.3 is 0 Å². The summed E-state index contributed by atoms with van der Waals surface area (Å²) < 4.78 is 5.46. The standard InChI is InChI=1S/C13H10ClO/c14-12-6-8-13(9-7-12)15-10-11-4-2-1-3-5-11/h1-10H. The van der Waals surface area contributed by atoms with Crippen LogP contribution in [0, 0.1) is 6.61 Å². The number of benzene rings is 2. The zero-order valence-corrected chi connectivity index (χ0v) is 8.82. The summed E-state index contributed by atoms with van der Waals surface area (Å²) >= 11 is 5.76. The van der Waals surface area contributed by atoms with Crippen molar-refractivity contribution in [3.8, 4) is 5.75 Å². The Kier molecular flexibility index (Phi) is 3.25. The van der Waals surface area contributed by atoms with Gasteiger partial charge in [0.2, 0.25) is 0 Å². The van der Waals surface area contributed by atoms with Crippen molar-refractivity contribution >= 4 is 11.6 Å². The van der Waals surface area contributed by atoms with E-state index in [0.29, 0.717) is 5.02 Å². The van der Waals surface area contributed by atoms with Crippen LogP contribution in [-0.2, 0) is 0 Å². The molecule has 75 valence electrons. The molecule has 2 rings (SSSR count). The predicted octanol–water partition coefficient (Wildman–Crippen LogP) is 3.93. The Morgan fingerprint density at radius 2 is 1.53 bits per heavy atom. The minimum absolute atomic E-state index is 0.710. The van der Waals surface area contributed by atoms with E-state index in [1.807, 2.05) is 42.5 Å². The van der Waals surface area contributed by atoms with Crippen molar-refractivity contribution in [2.75, 3.05) is 0 Å². The molecule has 0 atom stereocenters. The highest BCUT2D eigenvalue weighted by Gasteiger charge is 1.95. The van der Waals surface area contributed by atoms with Gasteiger partial charge in [0.05, 0.1) is 0 Å². The Labute approximate surface area is 94.3 Å². The van der Waals surface area contributed by atoms with E-state index >= 15 is 0 Å². The van der Waals surface area contributed by atoms with Gasteiger partial charge in [-0.15, -0.1) is 0 Å². The molecule has 1 radical (unpaired) electrons. The van der Waals surface area contributed by atoms with Crippen LogP contribution in [0.4, 0.5) is 0 Å². The molecule has 0 saturated heterocycles. The third-order valence-corrected chi connectivity index (χ3v) is 2.20. The summed E-state index contributed by atoms with van der Waals surface area (Å²) in [6.45, 7) is 1.71. The molecule has 0 fully saturated rings. The normalized spacial score (nSPS) is 9.93. The lowest BCUT2D eigenvalue weighted by molar-refractivity contribution is 0.428. The topological polar surface area (TPSA) is 9.23 Å². The van der Waals surface area contributed by atoms with E-state index in [-0.39, 0.29) is 0 Å². The van der Waals surface area contributed by atoms with E-state index in [0.717, 1.165) is 11.3 Å². The summed E-state index contributed by atoms with van der Waals surface area (Å²) in [5.74, 6) is 0.781. The molecule has 2 heteroatoms. The van der Waals surface area contributed by atoms with Gasteiger partial charge in [-0.25, -0.2) is 0 Å².